The van der Waals surface area contributed by atoms with Gasteiger partial charge in [0.05, 0.1) is 12.3 Å². The number of rotatable bonds is 2. The lowest BCUT2D eigenvalue weighted by Crippen LogP contribution is -2.32. The molecule has 88 valence electrons. The van der Waals surface area contributed by atoms with Gasteiger partial charge in [-0.25, -0.2) is 4.98 Å². The molecule has 0 radical (unpaired) electrons. The highest BCUT2D eigenvalue weighted by atomic mass is 35.5. The molecule has 1 saturated heterocycles. The molecule has 6 heteroatoms. The highest BCUT2D eigenvalue weighted by molar-refractivity contribution is 6.29. The summed E-state index contributed by atoms with van der Waals surface area (Å²) in [6.07, 6.45) is -3.77. The summed E-state index contributed by atoms with van der Waals surface area (Å²) in [6.45, 7) is -0.352. The lowest BCUT2D eigenvalue weighted by atomic mass is 10.1. The Bertz CT molecular complexity index is 376. The Morgan fingerprint density at radius 3 is 2.62 bits per heavy atom. The first-order valence-electron chi connectivity index (χ1n) is 4.88. The van der Waals surface area contributed by atoms with E-state index in [0.717, 1.165) is 0 Å². The number of aromatic nitrogens is 1. The summed E-state index contributed by atoms with van der Waals surface area (Å²) in [6, 6.07) is 4.93. The van der Waals surface area contributed by atoms with Crippen LogP contribution in [0.3, 0.4) is 0 Å². The van der Waals surface area contributed by atoms with E-state index in [2.05, 4.69) is 4.98 Å². The molecule has 2 rings (SSSR count). The van der Waals surface area contributed by atoms with Gasteiger partial charge in [0.2, 0.25) is 0 Å². The van der Waals surface area contributed by atoms with Crippen molar-refractivity contribution in [2.75, 3.05) is 6.61 Å². The van der Waals surface area contributed by atoms with Gasteiger partial charge in [0, 0.05) is 0 Å². The van der Waals surface area contributed by atoms with Crippen molar-refractivity contribution >= 4 is 11.6 Å². The Kier molecular flexibility index (Phi) is 3.41. The van der Waals surface area contributed by atoms with E-state index >= 15 is 0 Å². The van der Waals surface area contributed by atoms with Crippen LogP contribution in [-0.2, 0) is 4.74 Å². The van der Waals surface area contributed by atoms with Crippen LogP contribution >= 0.6 is 11.6 Å². The topological polar surface area (TPSA) is 82.8 Å². The third-order valence-corrected chi connectivity index (χ3v) is 2.78. The molecule has 1 unspecified atom stereocenters. The number of aliphatic hydroxyl groups is 3. The van der Waals surface area contributed by atoms with Gasteiger partial charge < -0.3 is 20.1 Å². The SMILES string of the molecule is OC[C@H]1OC(c2cccc(Cl)n2)[C@H](O)[C@@H]1O. The molecule has 0 amide bonds. The average Bonchev–Trinajstić information content (AvgIpc) is 2.56. The maximum absolute atomic E-state index is 9.73. The van der Waals surface area contributed by atoms with Gasteiger partial charge in [0.15, 0.2) is 0 Å². The summed E-state index contributed by atoms with van der Waals surface area (Å²) in [5.74, 6) is 0. The minimum Gasteiger partial charge on any atom is -0.394 e. The van der Waals surface area contributed by atoms with Crippen LogP contribution in [0.1, 0.15) is 11.8 Å². The number of aliphatic hydroxyl groups excluding tert-OH is 3. The van der Waals surface area contributed by atoms with E-state index in [-0.39, 0.29) is 11.8 Å². The van der Waals surface area contributed by atoms with E-state index in [1.54, 1.807) is 18.2 Å². The quantitative estimate of drug-likeness (QED) is 0.634. The Morgan fingerprint density at radius 1 is 1.31 bits per heavy atom. The minimum absolute atomic E-state index is 0.287. The predicted molar refractivity (Wildman–Crippen MR) is 56.0 cm³/mol. The van der Waals surface area contributed by atoms with Crippen LogP contribution in [0.2, 0.25) is 5.15 Å². The average molecular weight is 246 g/mol. The van der Waals surface area contributed by atoms with Crippen molar-refractivity contribution in [3.8, 4) is 0 Å². The Balaban J connectivity index is 2.23. The zero-order chi connectivity index (χ0) is 11.7. The van der Waals surface area contributed by atoms with Gasteiger partial charge >= 0.3 is 0 Å². The van der Waals surface area contributed by atoms with Gasteiger partial charge in [-0.15, -0.1) is 0 Å². The zero-order valence-electron chi connectivity index (χ0n) is 8.32. The number of nitrogens with zero attached hydrogens (tertiary/aromatic N) is 1. The fraction of sp³-hybridized carbons (Fsp3) is 0.500. The van der Waals surface area contributed by atoms with Gasteiger partial charge in [-0.3, -0.25) is 0 Å². The summed E-state index contributed by atoms with van der Waals surface area (Å²) in [7, 11) is 0. The first-order chi connectivity index (χ1) is 7.63. The highest BCUT2D eigenvalue weighted by Crippen LogP contribution is 2.32. The number of pyridine rings is 1. The molecule has 2 heterocycles. The second-order valence-electron chi connectivity index (χ2n) is 3.64. The maximum atomic E-state index is 9.73. The molecule has 1 aliphatic rings. The molecule has 1 fully saturated rings. The summed E-state index contributed by atoms with van der Waals surface area (Å²) >= 11 is 5.72. The smallest absolute Gasteiger partial charge is 0.129 e. The van der Waals surface area contributed by atoms with Gasteiger partial charge in [-0.2, -0.15) is 0 Å². The van der Waals surface area contributed by atoms with Crippen LogP contribution in [0.4, 0.5) is 0 Å². The predicted octanol–water partition coefficient (Wildman–Crippen LogP) is -0.111. The number of halogens is 1. The highest BCUT2D eigenvalue weighted by Gasteiger charge is 2.43. The lowest BCUT2D eigenvalue weighted by molar-refractivity contribution is -0.0239. The second-order valence-corrected chi connectivity index (χ2v) is 4.03. The normalized spacial score (nSPS) is 34.2. The molecule has 0 bridgehead atoms. The zero-order valence-corrected chi connectivity index (χ0v) is 9.08. The number of hydrogen-bond acceptors (Lipinski definition) is 5. The molecular formula is C10H12ClNO4. The maximum Gasteiger partial charge on any atom is 0.129 e. The first-order valence-corrected chi connectivity index (χ1v) is 5.26. The summed E-state index contributed by atoms with van der Waals surface area (Å²) < 4.78 is 5.31. The molecule has 1 aromatic rings. The first kappa shape index (κ1) is 11.8. The van der Waals surface area contributed by atoms with Crippen molar-refractivity contribution in [3.63, 3.8) is 0 Å². The Hall–Kier alpha value is -0.720. The van der Waals surface area contributed by atoms with E-state index in [4.69, 9.17) is 21.4 Å². The van der Waals surface area contributed by atoms with Gasteiger partial charge in [-0.1, -0.05) is 17.7 Å². The number of ether oxygens (including phenoxy) is 1. The molecule has 16 heavy (non-hydrogen) atoms. The van der Waals surface area contributed by atoms with Crippen molar-refractivity contribution in [2.45, 2.75) is 24.4 Å². The van der Waals surface area contributed by atoms with E-state index in [1.165, 1.54) is 0 Å². The molecule has 1 aliphatic heterocycles. The number of hydrogen-bond donors (Lipinski definition) is 3. The van der Waals surface area contributed by atoms with E-state index in [1.807, 2.05) is 0 Å². The van der Waals surface area contributed by atoms with Crippen LogP contribution in [-0.4, -0.2) is 45.2 Å². The minimum atomic E-state index is -1.12. The molecule has 0 aliphatic carbocycles. The second kappa shape index (κ2) is 4.65. The van der Waals surface area contributed by atoms with Crippen molar-refractivity contribution in [3.05, 3.63) is 29.0 Å². The Labute approximate surface area is 97.3 Å². The van der Waals surface area contributed by atoms with Gasteiger partial charge in [0.25, 0.3) is 0 Å². The Morgan fingerprint density at radius 2 is 2.06 bits per heavy atom. The van der Waals surface area contributed by atoms with Crippen LogP contribution in [0.15, 0.2) is 18.2 Å². The molecule has 0 spiro atoms. The van der Waals surface area contributed by atoms with Crippen molar-refractivity contribution in [1.29, 1.82) is 0 Å². The third-order valence-electron chi connectivity index (χ3n) is 2.57. The van der Waals surface area contributed by atoms with Crippen LogP contribution < -0.4 is 0 Å². The van der Waals surface area contributed by atoms with Crippen LogP contribution in [0.25, 0.3) is 0 Å². The summed E-state index contributed by atoms with van der Waals surface area (Å²) in [4.78, 5) is 4.00. The molecule has 3 N–H and O–H groups in total. The van der Waals surface area contributed by atoms with Gasteiger partial charge in [0.1, 0.15) is 29.6 Å². The van der Waals surface area contributed by atoms with Crippen LogP contribution in [0.5, 0.6) is 0 Å². The van der Waals surface area contributed by atoms with E-state index < -0.39 is 24.4 Å². The monoisotopic (exact) mass is 245 g/mol. The van der Waals surface area contributed by atoms with Crippen molar-refractivity contribution in [1.82, 2.24) is 4.98 Å². The summed E-state index contributed by atoms with van der Waals surface area (Å²) in [5, 5.41) is 28.5. The standard InChI is InChI=1S/C10H12ClNO4/c11-7-3-1-2-5(12-7)10-9(15)8(14)6(4-13)16-10/h1-3,6,8-10,13-15H,4H2/t6-,8-,9-,10?/m1/s1. The van der Waals surface area contributed by atoms with Crippen LogP contribution in [0, 0.1) is 0 Å². The van der Waals surface area contributed by atoms with Gasteiger partial charge in [-0.05, 0) is 12.1 Å². The van der Waals surface area contributed by atoms with E-state index in [0.29, 0.717) is 5.69 Å². The molecule has 5 nitrogen and oxygen atoms in total. The van der Waals surface area contributed by atoms with Crippen molar-refractivity contribution < 1.29 is 20.1 Å². The molecule has 1 aromatic heterocycles. The molecule has 0 saturated carbocycles. The van der Waals surface area contributed by atoms with Crippen molar-refractivity contribution in [2.24, 2.45) is 0 Å². The third kappa shape index (κ3) is 2.05. The summed E-state index contributed by atoms with van der Waals surface area (Å²) in [5.41, 5.74) is 0.440. The molecular weight excluding hydrogens is 234 g/mol. The molecule has 0 aromatic carbocycles. The fourth-order valence-corrected chi connectivity index (χ4v) is 1.90. The molecule has 4 atom stereocenters. The largest absolute Gasteiger partial charge is 0.394 e. The lowest BCUT2D eigenvalue weighted by Gasteiger charge is -2.13. The van der Waals surface area contributed by atoms with E-state index in [9.17, 15) is 10.2 Å². The fourth-order valence-electron chi connectivity index (χ4n) is 1.73.